The summed E-state index contributed by atoms with van der Waals surface area (Å²) in [5, 5.41) is 27.7. The number of nitriles is 1. The number of phenolic OH excluding ortho intramolecular Hbond substituents is 1. The van der Waals surface area contributed by atoms with Gasteiger partial charge >= 0.3 is 22.4 Å². The van der Waals surface area contributed by atoms with E-state index in [1.807, 2.05) is 6.07 Å². The second-order valence-corrected chi connectivity index (χ2v) is 2.26. The minimum Gasteiger partial charge on any atom is -0.504 e. The van der Waals surface area contributed by atoms with E-state index in [4.69, 9.17) is 5.26 Å². The van der Waals surface area contributed by atoms with Gasteiger partial charge in [0.25, 0.3) is 0 Å². The van der Waals surface area contributed by atoms with Crippen molar-refractivity contribution in [3.05, 3.63) is 17.7 Å². The smallest absolute Gasteiger partial charge is 0.504 e. The van der Waals surface area contributed by atoms with Gasteiger partial charge in [-0.05, 0) is 12.1 Å². The van der Waals surface area contributed by atoms with Crippen molar-refractivity contribution in [3.8, 4) is 11.8 Å². The fraction of sp³-hybridized carbons (Fsp3) is 0. The van der Waals surface area contributed by atoms with Crippen LogP contribution in [0.25, 0.3) is 11.0 Å². The Morgan fingerprint density at radius 3 is 2.85 bits per heavy atom. The van der Waals surface area contributed by atoms with Crippen molar-refractivity contribution in [2.75, 3.05) is 0 Å². The van der Waals surface area contributed by atoms with Gasteiger partial charge in [0.15, 0.2) is 11.3 Å². The standard InChI is InChI=1S/C7H4N4O.Ag/c8-3-4-1-2-5-6(7(4)12)10-11-9-5;/h1-2,12H,(H,9,10,11);/q;+1. The Balaban J connectivity index is 0.000000845. The summed E-state index contributed by atoms with van der Waals surface area (Å²) in [4.78, 5) is 0. The molecule has 1 aromatic carbocycles. The summed E-state index contributed by atoms with van der Waals surface area (Å²) in [7, 11) is 0. The Hall–Kier alpha value is -1.35. The number of nitrogens with one attached hydrogen (secondary N) is 1. The molecule has 0 radical (unpaired) electrons. The number of rotatable bonds is 0. The van der Waals surface area contributed by atoms with E-state index in [-0.39, 0.29) is 33.7 Å². The summed E-state index contributed by atoms with van der Waals surface area (Å²) < 4.78 is 0. The molecule has 0 aliphatic rings. The molecule has 1 aromatic heterocycles. The molecule has 2 N–H and O–H groups in total. The Morgan fingerprint density at radius 2 is 2.15 bits per heavy atom. The number of hydrogen-bond donors (Lipinski definition) is 2. The Morgan fingerprint density at radius 1 is 1.38 bits per heavy atom. The van der Waals surface area contributed by atoms with Crippen LogP contribution in [0.5, 0.6) is 5.75 Å². The molecule has 0 saturated heterocycles. The molecule has 0 aliphatic carbocycles. The normalized spacial score (nSPS) is 9.15. The molecule has 13 heavy (non-hydrogen) atoms. The van der Waals surface area contributed by atoms with Gasteiger partial charge in [-0.3, -0.25) is 0 Å². The minimum atomic E-state index is -0.122. The van der Waals surface area contributed by atoms with Gasteiger partial charge in [-0.2, -0.15) is 20.7 Å². The van der Waals surface area contributed by atoms with Crippen molar-refractivity contribution in [3.63, 3.8) is 0 Å². The molecule has 0 fully saturated rings. The first-order chi connectivity index (χ1) is 5.83. The molecule has 68 valence electrons. The quantitative estimate of drug-likeness (QED) is 0.682. The van der Waals surface area contributed by atoms with Gasteiger partial charge in [-0.15, -0.1) is 0 Å². The molecule has 0 saturated carbocycles. The zero-order valence-corrected chi connectivity index (χ0v) is 7.73. The SMILES string of the molecule is N#Cc1ccc2n[nH]nc2c1O.[Ag+]. The summed E-state index contributed by atoms with van der Waals surface area (Å²) in [6.45, 7) is 0. The van der Waals surface area contributed by atoms with Crippen LogP contribution in [-0.4, -0.2) is 20.5 Å². The first-order valence-electron chi connectivity index (χ1n) is 3.25. The summed E-state index contributed by atoms with van der Waals surface area (Å²) in [5.74, 6) is -0.122. The summed E-state index contributed by atoms with van der Waals surface area (Å²) in [6, 6.07) is 4.97. The number of aromatic amines is 1. The van der Waals surface area contributed by atoms with E-state index in [1.165, 1.54) is 6.07 Å². The monoisotopic (exact) mass is 267 g/mol. The minimum absolute atomic E-state index is 0. The van der Waals surface area contributed by atoms with E-state index in [0.29, 0.717) is 11.0 Å². The van der Waals surface area contributed by atoms with Gasteiger partial charge in [-0.1, -0.05) is 0 Å². The van der Waals surface area contributed by atoms with Crippen LogP contribution in [0.1, 0.15) is 5.56 Å². The summed E-state index contributed by atoms with van der Waals surface area (Å²) in [6.07, 6.45) is 0. The van der Waals surface area contributed by atoms with E-state index in [9.17, 15) is 5.11 Å². The number of hydrogen-bond acceptors (Lipinski definition) is 4. The van der Waals surface area contributed by atoms with Crippen molar-refractivity contribution in [1.29, 1.82) is 5.26 Å². The van der Waals surface area contributed by atoms with Gasteiger partial charge in [-0.25, -0.2) is 0 Å². The largest absolute Gasteiger partial charge is 1.00 e. The van der Waals surface area contributed by atoms with Crippen molar-refractivity contribution < 1.29 is 27.5 Å². The van der Waals surface area contributed by atoms with Crippen molar-refractivity contribution in [2.45, 2.75) is 0 Å². The van der Waals surface area contributed by atoms with Gasteiger partial charge in [0.2, 0.25) is 0 Å². The first kappa shape index (κ1) is 9.74. The number of phenols is 1. The zero-order valence-electron chi connectivity index (χ0n) is 6.25. The van der Waals surface area contributed by atoms with Gasteiger partial charge in [0.05, 0.1) is 5.56 Å². The molecular weight excluding hydrogens is 264 g/mol. The second kappa shape index (κ2) is 3.58. The molecule has 0 atom stereocenters. The molecule has 6 heteroatoms. The van der Waals surface area contributed by atoms with Crippen LogP contribution < -0.4 is 0 Å². The number of aromatic nitrogens is 3. The molecule has 1 heterocycles. The van der Waals surface area contributed by atoms with Crippen molar-refractivity contribution >= 4 is 11.0 Å². The van der Waals surface area contributed by atoms with Crippen molar-refractivity contribution in [2.24, 2.45) is 0 Å². The van der Waals surface area contributed by atoms with Gasteiger partial charge in [0, 0.05) is 0 Å². The zero-order chi connectivity index (χ0) is 8.55. The van der Waals surface area contributed by atoms with Crippen molar-refractivity contribution in [1.82, 2.24) is 15.4 Å². The van der Waals surface area contributed by atoms with E-state index in [0.717, 1.165) is 0 Å². The molecule has 0 spiro atoms. The van der Waals surface area contributed by atoms with Crippen LogP contribution in [0, 0.1) is 11.3 Å². The predicted octanol–water partition coefficient (Wildman–Crippen LogP) is 0.533. The van der Waals surface area contributed by atoms with Crippen LogP contribution in [0.2, 0.25) is 0 Å². The summed E-state index contributed by atoms with van der Waals surface area (Å²) in [5.41, 5.74) is 1.08. The Kier molecular flexibility index (Phi) is 2.68. The molecule has 2 rings (SSSR count). The van der Waals surface area contributed by atoms with Crippen LogP contribution in [-0.2, 0) is 22.4 Å². The molecule has 0 bridgehead atoms. The number of H-pyrrole nitrogens is 1. The molecule has 2 aromatic rings. The second-order valence-electron chi connectivity index (χ2n) is 2.26. The number of benzene rings is 1. The van der Waals surface area contributed by atoms with E-state index >= 15 is 0 Å². The van der Waals surface area contributed by atoms with E-state index < -0.39 is 0 Å². The molecular formula is C7H4AgN4O+. The Bertz CT molecular complexity index is 473. The molecule has 0 aliphatic heterocycles. The topological polar surface area (TPSA) is 85.6 Å². The van der Waals surface area contributed by atoms with Gasteiger partial charge in [0.1, 0.15) is 11.6 Å². The predicted molar refractivity (Wildman–Crippen MR) is 40.3 cm³/mol. The average molecular weight is 268 g/mol. The van der Waals surface area contributed by atoms with E-state index in [2.05, 4.69) is 15.4 Å². The van der Waals surface area contributed by atoms with Crippen LogP contribution in [0.3, 0.4) is 0 Å². The fourth-order valence-corrected chi connectivity index (χ4v) is 0.989. The van der Waals surface area contributed by atoms with Crippen LogP contribution in [0.15, 0.2) is 12.1 Å². The maximum absolute atomic E-state index is 9.39. The third-order valence-corrected chi connectivity index (χ3v) is 1.58. The number of nitrogens with zero attached hydrogens (tertiary/aromatic N) is 3. The maximum Gasteiger partial charge on any atom is 1.00 e. The van der Waals surface area contributed by atoms with E-state index in [1.54, 1.807) is 6.07 Å². The fourth-order valence-electron chi connectivity index (χ4n) is 0.989. The molecule has 0 amide bonds. The third kappa shape index (κ3) is 1.42. The maximum atomic E-state index is 9.39. The van der Waals surface area contributed by atoms with Crippen LogP contribution >= 0.6 is 0 Å². The van der Waals surface area contributed by atoms with Gasteiger partial charge < -0.3 is 5.11 Å². The summed E-state index contributed by atoms with van der Waals surface area (Å²) >= 11 is 0. The van der Waals surface area contributed by atoms with Crippen LogP contribution in [0.4, 0.5) is 0 Å². The number of aromatic hydroxyl groups is 1. The molecule has 5 nitrogen and oxygen atoms in total. The average Bonchev–Trinajstić information content (AvgIpc) is 2.53. The Labute approximate surface area is 88.9 Å². The molecule has 0 unspecified atom stereocenters. The number of fused-ring (bicyclic) bond motifs is 1. The third-order valence-electron chi connectivity index (χ3n) is 1.58. The first-order valence-corrected chi connectivity index (χ1v) is 3.25.